The molecule has 1 saturated heterocycles. The molecule has 1 atom stereocenters. The average Bonchev–Trinajstić information content (AvgIpc) is 2.78. The maximum atomic E-state index is 10.8. The molecule has 3 heteroatoms. The van der Waals surface area contributed by atoms with Crippen molar-refractivity contribution in [2.75, 3.05) is 6.61 Å². The Bertz CT molecular complexity index is 179. The van der Waals surface area contributed by atoms with Gasteiger partial charge < -0.3 is 9.84 Å². The van der Waals surface area contributed by atoms with Gasteiger partial charge >= 0.3 is 5.97 Å². The van der Waals surface area contributed by atoms with Gasteiger partial charge in [0.2, 0.25) is 5.60 Å². The third-order valence-electron chi connectivity index (χ3n) is 2.56. The molecule has 3 nitrogen and oxygen atoms in total. The molecule has 0 unspecified atom stereocenters. The van der Waals surface area contributed by atoms with E-state index in [1.165, 1.54) is 19.3 Å². The second-order valence-corrected chi connectivity index (χ2v) is 3.71. The van der Waals surface area contributed by atoms with Crippen LogP contribution >= 0.6 is 0 Å². The minimum atomic E-state index is -0.786. The van der Waals surface area contributed by atoms with Gasteiger partial charge in [0.1, 0.15) is 0 Å². The number of epoxide rings is 1. The van der Waals surface area contributed by atoms with Crippen LogP contribution in [0.25, 0.3) is 0 Å². The van der Waals surface area contributed by atoms with Crippen molar-refractivity contribution in [3.05, 3.63) is 0 Å². The maximum Gasteiger partial charge on any atom is 0.354 e. The van der Waals surface area contributed by atoms with Crippen molar-refractivity contribution in [3.8, 4) is 0 Å². The highest BCUT2D eigenvalue weighted by Crippen LogP contribution is 2.34. The first-order valence-corrected chi connectivity index (χ1v) is 5.09. The van der Waals surface area contributed by atoms with E-state index < -0.39 is 5.60 Å². The summed E-state index contributed by atoms with van der Waals surface area (Å²) in [6.07, 6.45) is 6.48. The van der Waals surface area contributed by atoms with Crippen molar-refractivity contribution in [3.63, 3.8) is 0 Å². The molecular formula is C10H18O3. The molecule has 0 saturated carbocycles. The fourth-order valence-corrected chi connectivity index (χ4v) is 1.50. The Morgan fingerprint density at radius 2 is 1.92 bits per heavy atom. The lowest BCUT2D eigenvalue weighted by Crippen LogP contribution is -2.18. The molecule has 1 rings (SSSR count). The lowest BCUT2D eigenvalue weighted by atomic mass is 10.0. The summed E-state index contributed by atoms with van der Waals surface area (Å²) in [6.45, 7) is 2.02. The molecule has 0 radical (unpaired) electrons. The van der Waals surface area contributed by atoms with E-state index in [0.29, 0.717) is 6.42 Å². The van der Waals surface area contributed by atoms with E-state index in [4.69, 9.17) is 9.84 Å². The normalized spacial score (nSPS) is 25.8. The Labute approximate surface area is 79.1 Å². The van der Waals surface area contributed by atoms with E-state index in [-0.39, 0.29) is 12.6 Å². The van der Waals surface area contributed by atoms with Crippen molar-refractivity contribution < 1.29 is 14.6 Å². The summed E-state index contributed by atoms with van der Waals surface area (Å²) in [7, 11) is 0. The van der Waals surface area contributed by atoms with Gasteiger partial charge in [-0.3, -0.25) is 0 Å². The van der Waals surface area contributed by atoms with E-state index in [0.717, 1.165) is 12.8 Å². The standard InChI is InChI=1S/C10H18O3/c1-2-3-4-5-6-7-10(8-11)9(12)13-10/h11H,2-8H2,1H3/t10-/m1/s1. The highest BCUT2D eigenvalue weighted by molar-refractivity contribution is 5.92. The molecule has 13 heavy (non-hydrogen) atoms. The van der Waals surface area contributed by atoms with Crippen LogP contribution in [-0.4, -0.2) is 23.3 Å². The zero-order chi connectivity index (χ0) is 9.73. The van der Waals surface area contributed by atoms with Crippen LogP contribution < -0.4 is 0 Å². The number of unbranched alkanes of at least 4 members (excludes halogenated alkanes) is 4. The topological polar surface area (TPSA) is 49.8 Å². The maximum absolute atomic E-state index is 10.8. The zero-order valence-electron chi connectivity index (χ0n) is 8.21. The molecular weight excluding hydrogens is 168 g/mol. The molecule has 0 aromatic rings. The number of ether oxygens (including phenoxy) is 1. The fourth-order valence-electron chi connectivity index (χ4n) is 1.50. The van der Waals surface area contributed by atoms with Crippen LogP contribution in [0.15, 0.2) is 0 Å². The van der Waals surface area contributed by atoms with Gasteiger partial charge in [-0.25, -0.2) is 4.79 Å². The van der Waals surface area contributed by atoms with Crippen LogP contribution in [0.5, 0.6) is 0 Å². The van der Waals surface area contributed by atoms with Crippen molar-refractivity contribution in [1.82, 2.24) is 0 Å². The molecule has 0 aromatic carbocycles. The van der Waals surface area contributed by atoms with Crippen molar-refractivity contribution in [2.45, 2.75) is 51.0 Å². The van der Waals surface area contributed by atoms with Crippen LogP contribution in [0.1, 0.15) is 45.4 Å². The Morgan fingerprint density at radius 1 is 1.31 bits per heavy atom. The van der Waals surface area contributed by atoms with Gasteiger partial charge in [-0.2, -0.15) is 0 Å². The molecule has 0 bridgehead atoms. The summed E-state index contributed by atoms with van der Waals surface area (Å²) in [5, 5.41) is 8.88. The van der Waals surface area contributed by atoms with Crippen LogP contribution in [0, 0.1) is 0 Å². The third-order valence-corrected chi connectivity index (χ3v) is 2.56. The van der Waals surface area contributed by atoms with Crippen LogP contribution in [0.4, 0.5) is 0 Å². The number of carbonyl (C=O) groups excluding carboxylic acids is 1. The SMILES string of the molecule is CCCCCCC[C@]1(CO)OC1=O. The number of aliphatic hydroxyl groups excluding tert-OH is 1. The smallest absolute Gasteiger partial charge is 0.354 e. The van der Waals surface area contributed by atoms with Gasteiger partial charge in [0.25, 0.3) is 0 Å². The lowest BCUT2D eigenvalue weighted by molar-refractivity contribution is -0.117. The van der Waals surface area contributed by atoms with E-state index in [1.54, 1.807) is 0 Å². The van der Waals surface area contributed by atoms with E-state index in [2.05, 4.69) is 6.92 Å². The number of cyclic esters (lactones) is 1. The molecule has 0 spiro atoms. The van der Waals surface area contributed by atoms with Gasteiger partial charge in [0.05, 0.1) is 6.61 Å². The third kappa shape index (κ3) is 2.69. The first-order chi connectivity index (χ1) is 6.25. The van der Waals surface area contributed by atoms with Gasteiger partial charge in [0.15, 0.2) is 0 Å². The molecule has 1 heterocycles. The second-order valence-electron chi connectivity index (χ2n) is 3.71. The number of aliphatic hydroxyl groups is 1. The fraction of sp³-hybridized carbons (Fsp3) is 0.900. The largest absolute Gasteiger partial charge is 0.441 e. The highest BCUT2D eigenvalue weighted by Gasteiger charge is 2.56. The van der Waals surface area contributed by atoms with Crippen LogP contribution in [0.3, 0.4) is 0 Å². The van der Waals surface area contributed by atoms with E-state index in [1.807, 2.05) is 0 Å². The number of hydrogen-bond donors (Lipinski definition) is 1. The minimum absolute atomic E-state index is 0.153. The van der Waals surface area contributed by atoms with Gasteiger partial charge in [-0.15, -0.1) is 0 Å². The van der Waals surface area contributed by atoms with E-state index in [9.17, 15) is 4.79 Å². The Morgan fingerprint density at radius 3 is 2.38 bits per heavy atom. The van der Waals surface area contributed by atoms with Crippen molar-refractivity contribution >= 4 is 5.97 Å². The Balaban J connectivity index is 2.02. The molecule has 0 aromatic heterocycles. The summed E-state index contributed by atoms with van der Waals surface area (Å²) in [5.41, 5.74) is -0.786. The summed E-state index contributed by atoms with van der Waals surface area (Å²) in [4.78, 5) is 10.8. The van der Waals surface area contributed by atoms with Gasteiger partial charge in [-0.05, 0) is 6.42 Å². The second kappa shape index (κ2) is 4.61. The zero-order valence-corrected chi connectivity index (χ0v) is 8.21. The molecule has 0 aliphatic carbocycles. The predicted molar refractivity (Wildman–Crippen MR) is 49.3 cm³/mol. The summed E-state index contributed by atoms with van der Waals surface area (Å²) >= 11 is 0. The molecule has 76 valence electrons. The molecule has 1 aliphatic rings. The number of hydrogen-bond acceptors (Lipinski definition) is 3. The first kappa shape index (κ1) is 10.5. The molecule has 1 N–H and O–H groups in total. The summed E-state index contributed by atoms with van der Waals surface area (Å²) in [5.74, 6) is -0.231. The summed E-state index contributed by atoms with van der Waals surface area (Å²) < 4.78 is 4.77. The van der Waals surface area contributed by atoms with E-state index >= 15 is 0 Å². The quantitative estimate of drug-likeness (QED) is 0.485. The van der Waals surface area contributed by atoms with Crippen molar-refractivity contribution in [2.24, 2.45) is 0 Å². The molecule has 1 aliphatic heterocycles. The monoisotopic (exact) mass is 186 g/mol. The van der Waals surface area contributed by atoms with Crippen molar-refractivity contribution in [1.29, 1.82) is 0 Å². The molecule has 1 fully saturated rings. The Kier molecular flexibility index (Phi) is 3.72. The highest BCUT2D eigenvalue weighted by atomic mass is 16.7. The average molecular weight is 186 g/mol. The number of rotatable bonds is 7. The van der Waals surface area contributed by atoms with Crippen LogP contribution in [-0.2, 0) is 9.53 Å². The minimum Gasteiger partial charge on any atom is -0.441 e. The molecule has 0 amide bonds. The van der Waals surface area contributed by atoms with Crippen LogP contribution in [0.2, 0.25) is 0 Å². The summed E-state index contributed by atoms with van der Waals surface area (Å²) in [6, 6.07) is 0. The first-order valence-electron chi connectivity index (χ1n) is 5.09. The lowest BCUT2D eigenvalue weighted by Gasteiger charge is -2.03. The Hall–Kier alpha value is -0.570. The van der Waals surface area contributed by atoms with Gasteiger partial charge in [0, 0.05) is 6.42 Å². The van der Waals surface area contributed by atoms with Gasteiger partial charge in [-0.1, -0.05) is 32.6 Å². The predicted octanol–water partition coefficient (Wildman–Crippen LogP) is 1.63. The number of carbonyl (C=O) groups is 1.